The number of anilines is 1. The molecule has 4 heteroatoms. The number of hydrogen-bond acceptors (Lipinski definition) is 4. The minimum atomic E-state index is -0.448. The van der Waals surface area contributed by atoms with E-state index in [4.69, 9.17) is 4.74 Å². The van der Waals surface area contributed by atoms with Gasteiger partial charge in [-0.2, -0.15) is 0 Å². The van der Waals surface area contributed by atoms with Gasteiger partial charge in [0.25, 0.3) is 0 Å². The minimum absolute atomic E-state index is 0.231. The molecule has 0 aliphatic carbocycles. The molecule has 0 aliphatic heterocycles. The van der Waals surface area contributed by atoms with Crippen LogP contribution in [0.25, 0.3) is 0 Å². The number of aryl methyl sites for hydroxylation is 2. The number of nitrogens with one attached hydrogen (secondary N) is 1. The largest absolute Gasteiger partial charge is 0.464 e. The Balaban J connectivity index is 2.28. The van der Waals surface area contributed by atoms with Crippen LogP contribution in [0.4, 0.5) is 5.69 Å². The second-order valence-electron chi connectivity index (χ2n) is 4.80. The van der Waals surface area contributed by atoms with E-state index in [1.807, 2.05) is 44.2 Å². The van der Waals surface area contributed by atoms with Gasteiger partial charge in [0.05, 0.1) is 6.61 Å². The van der Waals surface area contributed by atoms with Crippen molar-refractivity contribution in [2.24, 2.45) is 0 Å². The maximum atomic E-state index is 12.3. The van der Waals surface area contributed by atoms with E-state index in [1.54, 1.807) is 11.3 Å². The molecule has 0 spiro atoms. The fraction of sp³-hybridized carbons (Fsp3) is 0.353. The van der Waals surface area contributed by atoms with E-state index in [2.05, 4.69) is 18.3 Å². The summed E-state index contributed by atoms with van der Waals surface area (Å²) in [7, 11) is 0. The predicted octanol–water partition coefficient (Wildman–Crippen LogP) is 4.34. The molecule has 1 aromatic carbocycles. The summed E-state index contributed by atoms with van der Waals surface area (Å²) in [6.45, 7) is 6.35. The first kappa shape index (κ1) is 15.6. The van der Waals surface area contributed by atoms with Crippen LogP contribution in [0.1, 0.15) is 35.2 Å². The maximum Gasteiger partial charge on any atom is 0.334 e. The van der Waals surface area contributed by atoms with Gasteiger partial charge in [0, 0.05) is 15.4 Å². The number of thiophene rings is 1. The van der Waals surface area contributed by atoms with Crippen LogP contribution in [0.5, 0.6) is 0 Å². The fourth-order valence-corrected chi connectivity index (χ4v) is 3.09. The van der Waals surface area contributed by atoms with Gasteiger partial charge in [0.15, 0.2) is 6.04 Å². The van der Waals surface area contributed by atoms with Crippen molar-refractivity contribution in [3.63, 3.8) is 0 Å². The highest BCUT2D eigenvalue weighted by molar-refractivity contribution is 7.12. The third kappa shape index (κ3) is 3.85. The Bertz CT molecular complexity index is 606. The van der Waals surface area contributed by atoms with Crippen LogP contribution in [0.3, 0.4) is 0 Å². The number of rotatable bonds is 6. The molecule has 0 aliphatic rings. The molecule has 3 nitrogen and oxygen atoms in total. The molecule has 1 unspecified atom stereocenters. The van der Waals surface area contributed by atoms with Crippen LogP contribution in [-0.4, -0.2) is 12.6 Å². The highest BCUT2D eigenvalue weighted by Gasteiger charge is 2.24. The number of ether oxygens (including phenoxy) is 1. The molecule has 0 fully saturated rings. The fourth-order valence-electron chi connectivity index (χ4n) is 2.10. The Morgan fingerprint density at radius 2 is 2.00 bits per heavy atom. The number of carbonyl (C=O) groups is 1. The lowest BCUT2D eigenvalue weighted by Crippen LogP contribution is -2.22. The van der Waals surface area contributed by atoms with Crippen molar-refractivity contribution in [1.82, 2.24) is 0 Å². The van der Waals surface area contributed by atoms with Gasteiger partial charge in [-0.25, -0.2) is 4.79 Å². The summed E-state index contributed by atoms with van der Waals surface area (Å²) < 4.78 is 5.22. The Labute approximate surface area is 130 Å². The quantitative estimate of drug-likeness (QED) is 0.807. The van der Waals surface area contributed by atoms with Crippen molar-refractivity contribution in [3.05, 3.63) is 51.7 Å². The molecule has 0 amide bonds. The van der Waals surface area contributed by atoms with Gasteiger partial charge in [0.2, 0.25) is 0 Å². The van der Waals surface area contributed by atoms with Crippen LogP contribution in [0, 0.1) is 6.92 Å². The monoisotopic (exact) mass is 303 g/mol. The first-order chi connectivity index (χ1) is 10.2. The molecule has 1 N–H and O–H groups in total. The summed E-state index contributed by atoms with van der Waals surface area (Å²) in [4.78, 5) is 14.5. The molecule has 112 valence electrons. The topological polar surface area (TPSA) is 38.3 Å². The van der Waals surface area contributed by atoms with E-state index >= 15 is 0 Å². The van der Waals surface area contributed by atoms with Gasteiger partial charge in [-0.15, -0.1) is 11.3 Å². The van der Waals surface area contributed by atoms with E-state index in [0.717, 1.165) is 22.5 Å². The number of carbonyl (C=O) groups excluding carboxylic acids is 1. The normalized spacial score (nSPS) is 12.0. The number of hydrogen-bond donors (Lipinski definition) is 1. The molecule has 0 bridgehead atoms. The van der Waals surface area contributed by atoms with E-state index in [-0.39, 0.29) is 5.97 Å². The average Bonchev–Trinajstić information content (AvgIpc) is 2.95. The molecule has 0 radical (unpaired) electrons. The smallest absolute Gasteiger partial charge is 0.334 e. The summed E-state index contributed by atoms with van der Waals surface area (Å²) in [6, 6.07) is 11.6. The first-order valence-electron chi connectivity index (χ1n) is 7.23. The van der Waals surface area contributed by atoms with Crippen LogP contribution >= 0.6 is 11.3 Å². The van der Waals surface area contributed by atoms with Crippen LogP contribution < -0.4 is 5.32 Å². The van der Waals surface area contributed by atoms with Crippen LogP contribution in [0.15, 0.2) is 36.4 Å². The van der Waals surface area contributed by atoms with Crippen molar-refractivity contribution < 1.29 is 9.53 Å². The Hall–Kier alpha value is -1.81. The zero-order valence-electron chi connectivity index (χ0n) is 12.7. The highest BCUT2D eigenvalue weighted by atomic mass is 32.1. The SMILES string of the molecule is CCOC(=O)C(Nc1ccccc1C)c1ccc(CC)s1. The lowest BCUT2D eigenvalue weighted by atomic mass is 10.1. The first-order valence-corrected chi connectivity index (χ1v) is 8.04. The Kier molecular flexibility index (Phi) is 5.39. The third-order valence-electron chi connectivity index (χ3n) is 3.28. The van der Waals surface area contributed by atoms with Gasteiger partial charge >= 0.3 is 5.97 Å². The zero-order valence-corrected chi connectivity index (χ0v) is 13.5. The van der Waals surface area contributed by atoms with Gasteiger partial charge in [-0.05, 0) is 44.0 Å². The highest BCUT2D eigenvalue weighted by Crippen LogP contribution is 2.29. The molecular formula is C17H21NO2S. The average molecular weight is 303 g/mol. The van der Waals surface area contributed by atoms with E-state index in [9.17, 15) is 4.79 Å². The van der Waals surface area contributed by atoms with E-state index in [1.165, 1.54) is 4.88 Å². The molecule has 1 aromatic heterocycles. The van der Waals surface area contributed by atoms with E-state index < -0.39 is 6.04 Å². The van der Waals surface area contributed by atoms with Crippen LogP contribution in [-0.2, 0) is 16.0 Å². The standard InChI is InChI=1S/C17H21NO2S/c1-4-13-10-11-15(21-13)16(17(19)20-5-2)18-14-9-7-6-8-12(14)3/h6-11,16,18H,4-5H2,1-3H3. The van der Waals surface area contributed by atoms with Crippen molar-refractivity contribution >= 4 is 23.0 Å². The summed E-state index contributed by atoms with van der Waals surface area (Å²) >= 11 is 1.66. The van der Waals surface area contributed by atoms with Crippen molar-refractivity contribution in [1.29, 1.82) is 0 Å². The Morgan fingerprint density at radius 1 is 1.24 bits per heavy atom. The van der Waals surface area contributed by atoms with Crippen molar-refractivity contribution in [2.45, 2.75) is 33.2 Å². The molecule has 1 atom stereocenters. The predicted molar refractivity (Wildman–Crippen MR) is 87.9 cm³/mol. The second kappa shape index (κ2) is 7.27. The molecular weight excluding hydrogens is 282 g/mol. The molecule has 0 saturated heterocycles. The van der Waals surface area contributed by atoms with Crippen LogP contribution in [0.2, 0.25) is 0 Å². The van der Waals surface area contributed by atoms with Crippen molar-refractivity contribution in [3.8, 4) is 0 Å². The van der Waals surface area contributed by atoms with Crippen molar-refractivity contribution in [2.75, 3.05) is 11.9 Å². The van der Waals surface area contributed by atoms with Gasteiger partial charge in [0.1, 0.15) is 0 Å². The molecule has 2 rings (SSSR count). The molecule has 21 heavy (non-hydrogen) atoms. The molecule has 0 saturated carbocycles. The van der Waals surface area contributed by atoms with Gasteiger partial charge in [-0.1, -0.05) is 25.1 Å². The summed E-state index contributed by atoms with van der Waals surface area (Å²) in [6.07, 6.45) is 0.977. The van der Waals surface area contributed by atoms with Gasteiger partial charge < -0.3 is 10.1 Å². The summed E-state index contributed by atoms with van der Waals surface area (Å²) in [5, 5.41) is 3.32. The summed E-state index contributed by atoms with van der Waals surface area (Å²) in [5.41, 5.74) is 2.07. The molecule has 1 heterocycles. The minimum Gasteiger partial charge on any atom is -0.464 e. The zero-order chi connectivity index (χ0) is 15.2. The van der Waals surface area contributed by atoms with E-state index in [0.29, 0.717) is 6.61 Å². The molecule has 2 aromatic rings. The number of para-hydroxylation sites is 1. The third-order valence-corrected chi connectivity index (χ3v) is 4.58. The maximum absolute atomic E-state index is 12.3. The second-order valence-corrected chi connectivity index (χ2v) is 6.00. The number of benzene rings is 1. The lowest BCUT2D eigenvalue weighted by Gasteiger charge is -2.18. The van der Waals surface area contributed by atoms with Gasteiger partial charge in [-0.3, -0.25) is 0 Å². The lowest BCUT2D eigenvalue weighted by molar-refractivity contribution is -0.144. The summed E-state index contributed by atoms with van der Waals surface area (Å²) in [5.74, 6) is -0.231. The number of esters is 1. The Morgan fingerprint density at radius 3 is 2.62 bits per heavy atom.